The lowest BCUT2D eigenvalue weighted by molar-refractivity contribution is 0.421. The molecule has 0 heterocycles. The van der Waals surface area contributed by atoms with Crippen molar-refractivity contribution in [2.24, 2.45) is 11.8 Å². The highest BCUT2D eigenvalue weighted by Gasteiger charge is 2.17. The van der Waals surface area contributed by atoms with Crippen LogP contribution in [-0.4, -0.2) is 6.54 Å². The molecule has 2 aromatic carbocycles. The standard InChI is InChI=1S/C19H23N/c1-14-9-15(2)11-16(10-14)13-20-19-8-7-17-5-3-4-6-18(17)12-19/h3-9,12,14,16,20H,10-11,13H2,1-2H3. The van der Waals surface area contributed by atoms with Gasteiger partial charge >= 0.3 is 0 Å². The molecule has 3 rings (SSSR count). The second-order valence-corrected chi connectivity index (χ2v) is 6.24. The highest BCUT2D eigenvalue weighted by atomic mass is 14.9. The highest BCUT2D eigenvalue weighted by Crippen LogP contribution is 2.28. The molecule has 2 aromatic rings. The number of hydrogen-bond acceptors (Lipinski definition) is 1. The van der Waals surface area contributed by atoms with E-state index in [2.05, 4.69) is 67.7 Å². The van der Waals surface area contributed by atoms with Gasteiger partial charge in [-0.25, -0.2) is 0 Å². The molecule has 1 N–H and O–H groups in total. The Balaban J connectivity index is 1.66. The maximum Gasteiger partial charge on any atom is 0.0346 e. The summed E-state index contributed by atoms with van der Waals surface area (Å²) in [6, 6.07) is 15.2. The molecular formula is C19H23N. The van der Waals surface area contributed by atoms with Crippen LogP contribution in [0, 0.1) is 11.8 Å². The number of fused-ring (bicyclic) bond motifs is 1. The van der Waals surface area contributed by atoms with Crippen molar-refractivity contribution in [1.82, 2.24) is 0 Å². The quantitative estimate of drug-likeness (QED) is 0.748. The monoisotopic (exact) mass is 265 g/mol. The van der Waals surface area contributed by atoms with Gasteiger partial charge < -0.3 is 5.32 Å². The molecule has 0 saturated carbocycles. The van der Waals surface area contributed by atoms with E-state index in [1.165, 1.54) is 29.3 Å². The molecular weight excluding hydrogens is 242 g/mol. The van der Waals surface area contributed by atoms with Crippen molar-refractivity contribution in [2.75, 3.05) is 11.9 Å². The first-order valence-corrected chi connectivity index (χ1v) is 7.60. The Morgan fingerprint density at radius 2 is 1.90 bits per heavy atom. The third-order valence-electron chi connectivity index (χ3n) is 4.23. The molecule has 1 aliphatic rings. The average molecular weight is 265 g/mol. The van der Waals surface area contributed by atoms with Gasteiger partial charge in [-0.2, -0.15) is 0 Å². The second kappa shape index (κ2) is 5.70. The Hall–Kier alpha value is -1.76. The van der Waals surface area contributed by atoms with E-state index in [1.807, 2.05) is 0 Å². The van der Waals surface area contributed by atoms with Gasteiger partial charge in [0.15, 0.2) is 0 Å². The highest BCUT2D eigenvalue weighted by molar-refractivity contribution is 5.85. The van der Waals surface area contributed by atoms with Crippen molar-refractivity contribution >= 4 is 16.5 Å². The Morgan fingerprint density at radius 1 is 1.10 bits per heavy atom. The van der Waals surface area contributed by atoms with Crippen LogP contribution in [0.1, 0.15) is 26.7 Å². The molecule has 1 heteroatoms. The van der Waals surface area contributed by atoms with Gasteiger partial charge in [0.05, 0.1) is 0 Å². The first-order valence-electron chi connectivity index (χ1n) is 7.60. The van der Waals surface area contributed by atoms with Gasteiger partial charge in [0, 0.05) is 12.2 Å². The van der Waals surface area contributed by atoms with E-state index < -0.39 is 0 Å². The molecule has 104 valence electrons. The van der Waals surface area contributed by atoms with E-state index in [-0.39, 0.29) is 0 Å². The third-order valence-corrected chi connectivity index (χ3v) is 4.23. The van der Waals surface area contributed by atoms with Gasteiger partial charge in [-0.3, -0.25) is 0 Å². The number of benzene rings is 2. The van der Waals surface area contributed by atoms with E-state index in [0.29, 0.717) is 0 Å². The summed E-state index contributed by atoms with van der Waals surface area (Å²) in [5.41, 5.74) is 2.79. The Bertz CT molecular complexity index is 626. The smallest absolute Gasteiger partial charge is 0.0346 e. The minimum absolute atomic E-state index is 0.729. The van der Waals surface area contributed by atoms with Crippen molar-refractivity contribution in [2.45, 2.75) is 26.7 Å². The van der Waals surface area contributed by atoms with Crippen LogP contribution in [0.2, 0.25) is 0 Å². The van der Waals surface area contributed by atoms with Crippen molar-refractivity contribution in [3.05, 3.63) is 54.1 Å². The fraction of sp³-hybridized carbons (Fsp3) is 0.368. The maximum atomic E-state index is 3.62. The molecule has 0 radical (unpaired) electrons. The van der Waals surface area contributed by atoms with Crippen LogP contribution < -0.4 is 5.32 Å². The predicted octanol–water partition coefficient (Wildman–Crippen LogP) is 5.24. The van der Waals surface area contributed by atoms with E-state index in [9.17, 15) is 0 Å². The third kappa shape index (κ3) is 3.04. The van der Waals surface area contributed by atoms with Gasteiger partial charge in [-0.1, -0.05) is 48.9 Å². The summed E-state index contributed by atoms with van der Waals surface area (Å²) < 4.78 is 0. The fourth-order valence-corrected chi connectivity index (χ4v) is 3.40. The molecule has 2 atom stereocenters. The molecule has 0 bridgehead atoms. The number of nitrogens with one attached hydrogen (secondary N) is 1. The SMILES string of the molecule is CC1=CC(C)CC(CNc2ccc3ccccc3c2)C1. The number of anilines is 1. The van der Waals surface area contributed by atoms with E-state index in [1.54, 1.807) is 5.57 Å². The van der Waals surface area contributed by atoms with Crippen molar-refractivity contribution in [1.29, 1.82) is 0 Å². The van der Waals surface area contributed by atoms with Crippen molar-refractivity contribution < 1.29 is 0 Å². The minimum Gasteiger partial charge on any atom is -0.385 e. The predicted molar refractivity (Wildman–Crippen MR) is 88.1 cm³/mol. The van der Waals surface area contributed by atoms with Crippen LogP contribution in [0.25, 0.3) is 10.8 Å². The molecule has 20 heavy (non-hydrogen) atoms. The lowest BCUT2D eigenvalue weighted by atomic mass is 9.84. The van der Waals surface area contributed by atoms with Crippen LogP contribution >= 0.6 is 0 Å². The summed E-state index contributed by atoms with van der Waals surface area (Å²) in [6.07, 6.45) is 4.97. The maximum absolute atomic E-state index is 3.62. The molecule has 0 spiro atoms. The van der Waals surface area contributed by atoms with Gasteiger partial charge in [-0.15, -0.1) is 0 Å². The average Bonchev–Trinajstić information content (AvgIpc) is 2.44. The summed E-state index contributed by atoms with van der Waals surface area (Å²) >= 11 is 0. The number of hydrogen-bond donors (Lipinski definition) is 1. The Kier molecular flexibility index (Phi) is 3.77. The normalized spacial score (nSPS) is 22.6. The van der Waals surface area contributed by atoms with E-state index in [0.717, 1.165) is 18.4 Å². The minimum atomic E-state index is 0.729. The largest absolute Gasteiger partial charge is 0.385 e. The molecule has 2 unspecified atom stereocenters. The zero-order valence-corrected chi connectivity index (χ0v) is 12.4. The van der Waals surface area contributed by atoms with Gasteiger partial charge in [0.1, 0.15) is 0 Å². The van der Waals surface area contributed by atoms with Crippen LogP contribution in [-0.2, 0) is 0 Å². The zero-order valence-electron chi connectivity index (χ0n) is 12.4. The van der Waals surface area contributed by atoms with Gasteiger partial charge in [0.25, 0.3) is 0 Å². The lowest BCUT2D eigenvalue weighted by Crippen LogP contribution is -2.20. The fourth-order valence-electron chi connectivity index (χ4n) is 3.40. The summed E-state index contributed by atoms with van der Waals surface area (Å²) in [4.78, 5) is 0. The molecule has 0 aromatic heterocycles. The molecule has 0 amide bonds. The summed E-state index contributed by atoms with van der Waals surface area (Å²) in [6.45, 7) is 5.66. The second-order valence-electron chi connectivity index (χ2n) is 6.24. The summed E-state index contributed by atoms with van der Waals surface area (Å²) in [5, 5.41) is 6.24. The van der Waals surface area contributed by atoms with Crippen LogP contribution in [0.3, 0.4) is 0 Å². The topological polar surface area (TPSA) is 12.0 Å². The lowest BCUT2D eigenvalue weighted by Gasteiger charge is -2.26. The Labute approximate surface area is 121 Å². The van der Waals surface area contributed by atoms with Crippen LogP contribution in [0.4, 0.5) is 5.69 Å². The summed E-state index contributed by atoms with van der Waals surface area (Å²) in [7, 11) is 0. The number of rotatable bonds is 3. The number of allylic oxidation sites excluding steroid dienone is 2. The van der Waals surface area contributed by atoms with E-state index >= 15 is 0 Å². The Morgan fingerprint density at radius 3 is 2.70 bits per heavy atom. The zero-order chi connectivity index (χ0) is 13.9. The van der Waals surface area contributed by atoms with Gasteiger partial charge in [0.2, 0.25) is 0 Å². The first-order chi connectivity index (χ1) is 9.70. The van der Waals surface area contributed by atoms with Gasteiger partial charge in [-0.05, 0) is 54.5 Å². The molecule has 0 saturated heterocycles. The van der Waals surface area contributed by atoms with Crippen LogP contribution in [0.15, 0.2) is 54.1 Å². The first kappa shape index (κ1) is 13.2. The van der Waals surface area contributed by atoms with E-state index in [4.69, 9.17) is 0 Å². The van der Waals surface area contributed by atoms with Crippen molar-refractivity contribution in [3.8, 4) is 0 Å². The summed E-state index contributed by atoms with van der Waals surface area (Å²) in [5.74, 6) is 1.49. The molecule has 1 aliphatic carbocycles. The molecule has 0 aliphatic heterocycles. The van der Waals surface area contributed by atoms with Crippen LogP contribution in [0.5, 0.6) is 0 Å². The van der Waals surface area contributed by atoms with Crippen molar-refractivity contribution in [3.63, 3.8) is 0 Å². The molecule has 0 fully saturated rings. The molecule has 1 nitrogen and oxygen atoms in total.